The largest absolute Gasteiger partial charge is 0.493 e. The average molecular weight is 519 g/mol. The molecule has 8 nitrogen and oxygen atoms in total. The highest BCUT2D eigenvalue weighted by Crippen LogP contribution is 2.44. The van der Waals surface area contributed by atoms with Gasteiger partial charge in [0.2, 0.25) is 12.0 Å². The molecule has 0 bridgehead atoms. The fraction of sp³-hybridized carbons (Fsp3) is 0.500. The monoisotopic (exact) mass is 518 g/mol. The second kappa shape index (κ2) is 11.6. The SMILES string of the molecule is CC.COc1cc(C(=O)N(Cc2ccc3cccnc3n2)C[C@@H]2CC3CCCCC3N2)cc2c1OC(C)O2. The van der Waals surface area contributed by atoms with Crippen molar-refractivity contribution in [3.63, 3.8) is 0 Å². The van der Waals surface area contributed by atoms with Crippen LogP contribution < -0.4 is 19.5 Å². The van der Waals surface area contributed by atoms with E-state index in [1.165, 1.54) is 25.7 Å². The second-order valence-electron chi connectivity index (χ2n) is 10.1. The molecule has 3 aromatic rings. The molecule has 0 spiro atoms. The van der Waals surface area contributed by atoms with Crippen LogP contribution in [0.2, 0.25) is 0 Å². The average Bonchev–Trinajstić information content (AvgIpc) is 3.54. The summed E-state index contributed by atoms with van der Waals surface area (Å²) in [5.41, 5.74) is 2.01. The lowest BCUT2D eigenvalue weighted by Crippen LogP contribution is -2.43. The van der Waals surface area contributed by atoms with Crippen LogP contribution in [0.5, 0.6) is 17.2 Å². The van der Waals surface area contributed by atoms with Crippen LogP contribution in [0.15, 0.2) is 42.6 Å². The van der Waals surface area contributed by atoms with Crippen LogP contribution in [-0.2, 0) is 6.54 Å². The number of hydrogen-bond acceptors (Lipinski definition) is 7. The molecular weight excluding hydrogens is 480 g/mol. The molecule has 202 valence electrons. The lowest BCUT2D eigenvalue weighted by atomic mass is 9.85. The van der Waals surface area contributed by atoms with Gasteiger partial charge in [0.15, 0.2) is 17.1 Å². The van der Waals surface area contributed by atoms with Crippen molar-refractivity contribution in [1.29, 1.82) is 0 Å². The maximum Gasteiger partial charge on any atom is 0.254 e. The van der Waals surface area contributed by atoms with Gasteiger partial charge in [-0.05, 0) is 61.6 Å². The number of aromatic nitrogens is 2. The predicted molar refractivity (Wildman–Crippen MR) is 147 cm³/mol. The van der Waals surface area contributed by atoms with E-state index >= 15 is 0 Å². The van der Waals surface area contributed by atoms with Gasteiger partial charge in [-0.15, -0.1) is 0 Å². The van der Waals surface area contributed by atoms with Crippen LogP contribution in [0.25, 0.3) is 11.0 Å². The van der Waals surface area contributed by atoms with Gasteiger partial charge >= 0.3 is 0 Å². The number of rotatable bonds is 6. The minimum absolute atomic E-state index is 0.0844. The molecule has 3 aliphatic rings. The van der Waals surface area contributed by atoms with Gasteiger partial charge in [-0.1, -0.05) is 26.7 Å². The Kier molecular flexibility index (Phi) is 7.98. The molecule has 1 saturated heterocycles. The van der Waals surface area contributed by atoms with Crippen LogP contribution in [0.1, 0.15) is 68.9 Å². The maximum absolute atomic E-state index is 14.0. The number of hydrogen-bond donors (Lipinski definition) is 1. The van der Waals surface area contributed by atoms with Crippen molar-refractivity contribution in [2.75, 3.05) is 13.7 Å². The predicted octanol–water partition coefficient (Wildman–Crippen LogP) is 5.34. The normalized spacial score (nSPS) is 23.4. The molecule has 1 aromatic carbocycles. The third-order valence-electron chi connectivity index (χ3n) is 7.61. The summed E-state index contributed by atoms with van der Waals surface area (Å²) in [6, 6.07) is 12.2. The number of ether oxygens (including phenoxy) is 3. The highest BCUT2D eigenvalue weighted by molar-refractivity contribution is 5.95. The minimum Gasteiger partial charge on any atom is -0.493 e. The number of pyridine rings is 2. The number of benzene rings is 1. The van der Waals surface area contributed by atoms with Gasteiger partial charge in [0.25, 0.3) is 5.91 Å². The van der Waals surface area contributed by atoms with Gasteiger partial charge in [0.1, 0.15) is 0 Å². The molecule has 38 heavy (non-hydrogen) atoms. The molecule has 1 aliphatic carbocycles. The molecule has 3 unspecified atom stereocenters. The molecule has 0 radical (unpaired) electrons. The number of amides is 1. The quantitative estimate of drug-likeness (QED) is 0.471. The Bertz CT molecular complexity index is 1270. The van der Waals surface area contributed by atoms with Crippen molar-refractivity contribution in [1.82, 2.24) is 20.2 Å². The summed E-state index contributed by atoms with van der Waals surface area (Å²) in [5, 5.41) is 4.80. The van der Waals surface area contributed by atoms with Crippen LogP contribution in [0.4, 0.5) is 0 Å². The van der Waals surface area contributed by atoms with Gasteiger partial charge in [-0.3, -0.25) is 4.79 Å². The number of nitrogens with one attached hydrogen (secondary N) is 1. The van der Waals surface area contributed by atoms with Gasteiger partial charge in [-0.2, -0.15) is 0 Å². The molecular formula is C30H38N4O4. The van der Waals surface area contributed by atoms with E-state index in [-0.39, 0.29) is 11.9 Å². The third kappa shape index (κ3) is 5.41. The van der Waals surface area contributed by atoms with E-state index in [9.17, 15) is 4.79 Å². The molecule has 2 fully saturated rings. The first-order valence-electron chi connectivity index (χ1n) is 13.9. The van der Waals surface area contributed by atoms with Crippen molar-refractivity contribution in [2.45, 2.75) is 77.8 Å². The first-order chi connectivity index (χ1) is 18.6. The number of methoxy groups -OCH3 is 1. The summed E-state index contributed by atoms with van der Waals surface area (Å²) in [6.07, 6.45) is 7.52. The maximum atomic E-state index is 14.0. The van der Waals surface area contributed by atoms with Gasteiger partial charge in [0, 0.05) is 42.7 Å². The Morgan fingerprint density at radius 1 is 1.16 bits per heavy atom. The Balaban J connectivity index is 0.00000144. The van der Waals surface area contributed by atoms with Crippen molar-refractivity contribution in [3.05, 3.63) is 53.9 Å². The smallest absolute Gasteiger partial charge is 0.254 e. The lowest BCUT2D eigenvalue weighted by Gasteiger charge is -2.27. The summed E-state index contributed by atoms with van der Waals surface area (Å²) in [6.45, 7) is 6.82. The molecule has 1 amide bonds. The Morgan fingerprint density at radius 3 is 2.82 bits per heavy atom. The lowest BCUT2D eigenvalue weighted by molar-refractivity contribution is 0.0660. The zero-order valence-electron chi connectivity index (χ0n) is 22.8. The first-order valence-corrected chi connectivity index (χ1v) is 13.9. The number of carbonyl (C=O) groups is 1. The molecule has 2 aliphatic heterocycles. The highest BCUT2D eigenvalue weighted by atomic mass is 16.7. The summed E-state index contributed by atoms with van der Waals surface area (Å²) >= 11 is 0. The van der Waals surface area contributed by atoms with Crippen molar-refractivity contribution in [2.24, 2.45) is 5.92 Å². The van der Waals surface area contributed by atoms with Crippen LogP contribution in [-0.4, -0.2) is 52.8 Å². The van der Waals surface area contributed by atoms with Crippen LogP contribution in [0, 0.1) is 5.92 Å². The van der Waals surface area contributed by atoms with Crippen LogP contribution in [0.3, 0.4) is 0 Å². The topological polar surface area (TPSA) is 85.8 Å². The van der Waals surface area contributed by atoms with Crippen molar-refractivity contribution >= 4 is 16.9 Å². The van der Waals surface area contributed by atoms with E-state index in [1.807, 2.05) is 49.9 Å². The van der Waals surface area contributed by atoms with E-state index < -0.39 is 6.29 Å². The molecule has 2 aromatic heterocycles. The van der Waals surface area contributed by atoms with E-state index in [0.29, 0.717) is 53.5 Å². The van der Waals surface area contributed by atoms with Crippen molar-refractivity contribution < 1.29 is 19.0 Å². The molecule has 4 atom stereocenters. The minimum atomic E-state index is -0.421. The van der Waals surface area contributed by atoms with E-state index in [4.69, 9.17) is 19.2 Å². The van der Waals surface area contributed by atoms with E-state index in [1.54, 1.807) is 25.4 Å². The van der Waals surface area contributed by atoms with Crippen LogP contribution >= 0.6 is 0 Å². The molecule has 1 N–H and O–H groups in total. The first kappa shape index (κ1) is 26.2. The zero-order chi connectivity index (χ0) is 26.6. The summed E-state index contributed by atoms with van der Waals surface area (Å²) in [5.74, 6) is 2.19. The Morgan fingerprint density at radius 2 is 2.00 bits per heavy atom. The molecule has 8 heteroatoms. The van der Waals surface area contributed by atoms with Gasteiger partial charge in [0.05, 0.1) is 19.3 Å². The number of fused-ring (bicyclic) bond motifs is 3. The number of carbonyl (C=O) groups excluding carboxylic acids is 1. The molecule has 4 heterocycles. The summed E-state index contributed by atoms with van der Waals surface area (Å²) in [4.78, 5) is 25.0. The fourth-order valence-electron chi connectivity index (χ4n) is 5.94. The van der Waals surface area contributed by atoms with Crippen molar-refractivity contribution in [3.8, 4) is 17.2 Å². The summed E-state index contributed by atoms with van der Waals surface area (Å²) in [7, 11) is 1.57. The fourth-order valence-corrected chi connectivity index (χ4v) is 5.94. The highest BCUT2D eigenvalue weighted by Gasteiger charge is 2.37. The van der Waals surface area contributed by atoms with Gasteiger partial charge < -0.3 is 24.4 Å². The summed E-state index contributed by atoms with van der Waals surface area (Å²) < 4.78 is 17.0. The van der Waals surface area contributed by atoms with Gasteiger partial charge in [-0.25, -0.2) is 9.97 Å². The number of nitrogens with zero attached hydrogens (tertiary/aromatic N) is 3. The second-order valence-corrected chi connectivity index (χ2v) is 10.1. The Hall–Kier alpha value is -3.39. The molecule has 6 rings (SSSR count). The van der Waals surface area contributed by atoms with E-state index in [2.05, 4.69) is 10.3 Å². The Labute approximate surface area is 224 Å². The zero-order valence-corrected chi connectivity index (χ0v) is 22.8. The third-order valence-corrected chi connectivity index (χ3v) is 7.61. The standard InChI is InChI=1S/C28H32N4O4.C2H6/c1-17-35-25-14-20(13-24(34-2)26(25)36-17)28(33)32(16-22-12-19-6-3-4-8-23(19)30-22)15-21-10-9-18-7-5-11-29-27(18)31-21;1-2/h5,7,9-11,13-14,17,19,22-23,30H,3-4,6,8,12,15-16H2,1-2H3;1-2H3/t17?,19?,22-,23?;/m0./s1. The van der Waals surface area contributed by atoms with E-state index in [0.717, 1.165) is 17.5 Å². The molecule has 1 saturated carbocycles.